The highest BCUT2D eigenvalue weighted by Crippen LogP contribution is 2.65. The third-order valence-electron chi connectivity index (χ3n) is 8.83. The van der Waals surface area contributed by atoms with Gasteiger partial charge in [0.1, 0.15) is 11.9 Å². The molecule has 1 N–H and O–H groups in total. The number of nitrogens with one attached hydrogen (secondary N) is 1. The molecule has 3 heterocycles. The van der Waals surface area contributed by atoms with Crippen molar-refractivity contribution in [1.82, 2.24) is 24.4 Å². The molecule has 1 aliphatic heterocycles. The van der Waals surface area contributed by atoms with Crippen LogP contribution in [-0.4, -0.2) is 44.1 Å². The molecule has 2 aliphatic rings. The number of aromatic nitrogens is 4. The number of nitrogens with zero attached hydrogens (tertiary/aromatic N) is 5. The zero-order valence-electron chi connectivity index (χ0n) is 27.1. The van der Waals surface area contributed by atoms with Gasteiger partial charge in [-0.3, -0.25) is 14.3 Å². The van der Waals surface area contributed by atoms with Crippen LogP contribution in [0.2, 0.25) is 0 Å². The summed E-state index contributed by atoms with van der Waals surface area (Å²) in [4.78, 5) is 51.6. The maximum Gasteiger partial charge on any atom is 0.359 e. The predicted molar refractivity (Wildman–Crippen MR) is 172 cm³/mol. The molecule has 1 saturated heterocycles. The Morgan fingerprint density at radius 3 is 2.46 bits per heavy atom. The molecule has 3 unspecified atom stereocenters. The number of pyridine rings is 1. The second kappa shape index (κ2) is 13.9. The Labute approximate surface area is 266 Å². The van der Waals surface area contributed by atoms with Crippen molar-refractivity contribution < 1.29 is 18.0 Å². The molecule has 12 heteroatoms. The first kappa shape index (κ1) is 34.4. The van der Waals surface area contributed by atoms with Gasteiger partial charge in [0.2, 0.25) is 11.9 Å². The van der Waals surface area contributed by atoms with Gasteiger partial charge in [0.25, 0.3) is 0 Å². The van der Waals surface area contributed by atoms with Crippen molar-refractivity contribution in [1.29, 1.82) is 0 Å². The number of hydrogen-bond acceptors (Lipinski definition) is 6. The van der Waals surface area contributed by atoms with Gasteiger partial charge in [0, 0.05) is 30.9 Å². The van der Waals surface area contributed by atoms with Crippen molar-refractivity contribution in [2.75, 3.05) is 18.0 Å². The Morgan fingerprint density at radius 2 is 1.80 bits per heavy atom. The number of hydrogen-bond donors (Lipinski definition) is 1. The minimum atomic E-state index is -1.38. The fourth-order valence-electron chi connectivity index (χ4n) is 6.43. The van der Waals surface area contributed by atoms with E-state index in [4.69, 9.17) is 0 Å². The molecule has 246 valence electrons. The standard InChI is InChI=1S/C32H35F3N6O3.C2H6/c1-6-9-10-18-14-36-15-25(20(18)8-3)41-30(43)38-29(40(31(41)44)16-19-12-23(34)24(35)13-22(19)33)39-17-21-26(32(21,4)5)27(39)28(42)37-11-7-2;1-2/h6,9-10,12-15,21,26-27H,1,7-8,11,16-17H2,2-5H3,(H,37,42);1-2H3/b10-9-;. The molecule has 5 rings (SSSR count). The highest BCUT2D eigenvalue weighted by molar-refractivity contribution is 5.87. The molecule has 3 atom stereocenters. The summed E-state index contributed by atoms with van der Waals surface area (Å²) < 4.78 is 44.9. The van der Waals surface area contributed by atoms with E-state index in [1.54, 1.807) is 29.3 Å². The van der Waals surface area contributed by atoms with E-state index in [2.05, 4.69) is 35.7 Å². The largest absolute Gasteiger partial charge is 0.359 e. The van der Waals surface area contributed by atoms with Crippen LogP contribution in [0.1, 0.15) is 64.7 Å². The van der Waals surface area contributed by atoms with E-state index in [-0.39, 0.29) is 40.4 Å². The number of halogens is 3. The molecule has 2 fully saturated rings. The van der Waals surface area contributed by atoms with E-state index in [1.807, 2.05) is 27.7 Å². The minimum Gasteiger partial charge on any atom is -0.354 e. The number of fused-ring (bicyclic) bond motifs is 1. The average molecular weight is 639 g/mol. The Balaban J connectivity index is 0.00000235. The molecule has 1 aliphatic carbocycles. The van der Waals surface area contributed by atoms with E-state index in [1.165, 1.54) is 6.20 Å². The summed E-state index contributed by atoms with van der Waals surface area (Å²) >= 11 is 0. The molecule has 46 heavy (non-hydrogen) atoms. The Kier molecular flexibility index (Phi) is 10.4. The number of carbonyl (C=O) groups is 1. The Bertz CT molecular complexity index is 1780. The fourth-order valence-corrected chi connectivity index (χ4v) is 6.43. The molecule has 1 amide bonds. The quantitative estimate of drug-likeness (QED) is 0.247. The summed E-state index contributed by atoms with van der Waals surface area (Å²) in [6, 6.07) is 0.332. The number of piperidine rings is 1. The van der Waals surface area contributed by atoms with E-state index < -0.39 is 41.4 Å². The number of rotatable bonds is 10. The van der Waals surface area contributed by atoms with Gasteiger partial charge in [-0.05, 0) is 47.3 Å². The lowest BCUT2D eigenvalue weighted by Gasteiger charge is -2.32. The van der Waals surface area contributed by atoms with E-state index >= 15 is 0 Å². The van der Waals surface area contributed by atoms with Crippen molar-refractivity contribution in [3.63, 3.8) is 0 Å². The van der Waals surface area contributed by atoms with Crippen LogP contribution in [0.5, 0.6) is 0 Å². The second-order valence-corrected chi connectivity index (χ2v) is 11.8. The van der Waals surface area contributed by atoms with E-state index in [0.717, 1.165) is 9.13 Å². The van der Waals surface area contributed by atoms with Crippen molar-refractivity contribution in [2.24, 2.45) is 17.3 Å². The molecule has 1 saturated carbocycles. The highest BCUT2D eigenvalue weighted by atomic mass is 19.2. The molecular formula is C34H41F3N6O3. The molecule has 0 bridgehead atoms. The molecule has 1 aromatic carbocycles. The lowest BCUT2D eigenvalue weighted by atomic mass is 10.0. The first-order valence-electron chi connectivity index (χ1n) is 15.6. The maximum atomic E-state index is 15.0. The number of benzene rings is 1. The zero-order valence-corrected chi connectivity index (χ0v) is 27.1. The topological polar surface area (TPSA) is 102 Å². The van der Waals surface area contributed by atoms with Gasteiger partial charge in [-0.1, -0.05) is 66.3 Å². The molecule has 0 spiro atoms. The average Bonchev–Trinajstić information content (AvgIpc) is 3.34. The van der Waals surface area contributed by atoms with E-state index in [9.17, 15) is 27.6 Å². The van der Waals surface area contributed by atoms with Gasteiger partial charge in [-0.15, -0.1) is 0 Å². The van der Waals surface area contributed by atoms with Gasteiger partial charge < -0.3 is 10.2 Å². The SMILES string of the molecule is C=C/C=C\c1cncc(-n2c(=O)nc(N3CC4C(C3C(=O)NCCC)C4(C)C)n(Cc3cc(F)c(F)cc3F)c2=O)c1CC.CC. The molecule has 0 radical (unpaired) electrons. The van der Waals surface area contributed by atoms with Crippen LogP contribution in [0.15, 0.2) is 52.8 Å². The lowest BCUT2D eigenvalue weighted by Crippen LogP contribution is -2.52. The van der Waals surface area contributed by atoms with Crippen molar-refractivity contribution >= 4 is 17.9 Å². The first-order chi connectivity index (χ1) is 22.0. The summed E-state index contributed by atoms with van der Waals surface area (Å²) in [7, 11) is 0. The summed E-state index contributed by atoms with van der Waals surface area (Å²) in [5, 5.41) is 2.91. The summed E-state index contributed by atoms with van der Waals surface area (Å²) in [6.45, 7) is 15.7. The monoisotopic (exact) mass is 638 g/mol. The van der Waals surface area contributed by atoms with Gasteiger partial charge >= 0.3 is 11.4 Å². The minimum absolute atomic E-state index is 0.0728. The molecular weight excluding hydrogens is 597 g/mol. The van der Waals surface area contributed by atoms with Crippen LogP contribution in [-0.2, 0) is 17.8 Å². The van der Waals surface area contributed by atoms with Gasteiger partial charge in [0.15, 0.2) is 11.6 Å². The van der Waals surface area contributed by atoms with E-state index in [0.29, 0.717) is 49.2 Å². The summed E-state index contributed by atoms with van der Waals surface area (Å²) in [5.74, 6) is -4.15. The summed E-state index contributed by atoms with van der Waals surface area (Å²) in [5.41, 5.74) is -0.842. The number of carbonyl (C=O) groups excluding carboxylic acids is 1. The normalized spacial score (nSPS) is 19.4. The first-order valence-corrected chi connectivity index (χ1v) is 15.6. The highest BCUT2D eigenvalue weighted by Gasteiger charge is 2.69. The van der Waals surface area contributed by atoms with Crippen molar-refractivity contribution in [2.45, 2.75) is 67.0 Å². The molecule has 3 aromatic rings. The Morgan fingerprint density at radius 1 is 1.11 bits per heavy atom. The second-order valence-electron chi connectivity index (χ2n) is 11.8. The summed E-state index contributed by atoms with van der Waals surface area (Å²) in [6.07, 6.45) is 9.09. The van der Waals surface area contributed by atoms with Crippen LogP contribution < -0.4 is 21.6 Å². The van der Waals surface area contributed by atoms with Crippen molar-refractivity contribution in [3.05, 3.63) is 98.4 Å². The lowest BCUT2D eigenvalue weighted by molar-refractivity contribution is -0.122. The third kappa shape index (κ3) is 6.17. The van der Waals surface area contributed by atoms with Crippen LogP contribution >= 0.6 is 0 Å². The van der Waals surface area contributed by atoms with Gasteiger partial charge in [0.05, 0.1) is 18.4 Å². The third-order valence-corrected chi connectivity index (χ3v) is 8.83. The number of anilines is 1. The molecule has 9 nitrogen and oxygen atoms in total. The number of allylic oxidation sites excluding steroid dienone is 2. The van der Waals surface area contributed by atoms with Crippen LogP contribution in [0.4, 0.5) is 19.1 Å². The Hall–Kier alpha value is -4.48. The fraction of sp³-hybridized carbons (Fsp3) is 0.441. The van der Waals surface area contributed by atoms with Gasteiger partial charge in [-0.25, -0.2) is 27.3 Å². The van der Waals surface area contributed by atoms with Crippen LogP contribution in [0, 0.1) is 34.7 Å². The smallest absolute Gasteiger partial charge is 0.354 e. The van der Waals surface area contributed by atoms with Crippen LogP contribution in [0.3, 0.4) is 0 Å². The number of amides is 1. The zero-order chi connectivity index (χ0) is 33.9. The van der Waals surface area contributed by atoms with Crippen LogP contribution in [0.25, 0.3) is 11.8 Å². The van der Waals surface area contributed by atoms with Crippen molar-refractivity contribution in [3.8, 4) is 5.69 Å². The maximum absolute atomic E-state index is 15.0. The van der Waals surface area contributed by atoms with Gasteiger partial charge in [-0.2, -0.15) is 4.98 Å². The molecule has 2 aromatic heterocycles. The predicted octanol–water partition coefficient (Wildman–Crippen LogP) is 5.03.